The van der Waals surface area contributed by atoms with E-state index in [1.54, 1.807) is 11.4 Å². The fourth-order valence-corrected chi connectivity index (χ4v) is 1.83. The number of rotatable bonds is 2. The van der Waals surface area contributed by atoms with Crippen molar-refractivity contribution in [3.63, 3.8) is 0 Å². The largest absolute Gasteiger partial charge is 0.456 e. The Labute approximate surface area is 80.3 Å². The summed E-state index contributed by atoms with van der Waals surface area (Å²) in [5.74, 6) is -0.239. The van der Waals surface area contributed by atoms with Crippen LogP contribution in [0, 0.1) is 0 Å². The summed E-state index contributed by atoms with van der Waals surface area (Å²) in [4.78, 5) is 11.4. The molecule has 0 amide bonds. The van der Waals surface area contributed by atoms with Gasteiger partial charge in [-0.25, -0.2) is 4.79 Å². The number of thiophene rings is 1. The Bertz CT molecular complexity index is 275. The third-order valence-corrected chi connectivity index (χ3v) is 2.60. The predicted molar refractivity (Wildman–Crippen MR) is 49.0 cm³/mol. The smallest absolute Gasteiger partial charge is 0.339 e. The monoisotopic (exact) mass is 198 g/mol. The Morgan fingerprint density at radius 2 is 2.62 bits per heavy atom. The Kier molecular flexibility index (Phi) is 2.61. The first-order chi connectivity index (χ1) is 6.36. The Balaban J connectivity index is 1.91. The normalized spacial score (nSPS) is 21.7. The zero-order valence-corrected chi connectivity index (χ0v) is 7.88. The van der Waals surface area contributed by atoms with Crippen molar-refractivity contribution in [2.45, 2.75) is 12.5 Å². The van der Waals surface area contributed by atoms with E-state index in [1.165, 1.54) is 11.3 Å². The van der Waals surface area contributed by atoms with Crippen LogP contribution in [0.25, 0.3) is 0 Å². The third-order valence-electron chi connectivity index (χ3n) is 1.92. The summed E-state index contributed by atoms with van der Waals surface area (Å²) in [6.45, 7) is 1.23. The van der Waals surface area contributed by atoms with Crippen molar-refractivity contribution in [1.29, 1.82) is 0 Å². The first-order valence-electron chi connectivity index (χ1n) is 4.17. The Morgan fingerprint density at radius 1 is 1.69 bits per heavy atom. The topological polar surface area (TPSA) is 35.5 Å². The van der Waals surface area contributed by atoms with Gasteiger partial charge in [-0.3, -0.25) is 0 Å². The summed E-state index contributed by atoms with van der Waals surface area (Å²) in [7, 11) is 0. The molecule has 2 rings (SSSR count). The third kappa shape index (κ3) is 2.08. The van der Waals surface area contributed by atoms with E-state index in [0.29, 0.717) is 18.8 Å². The van der Waals surface area contributed by atoms with Gasteiger partial charge >= 0.3 is 5.97 Å². The highest BCUT2D eigenvalue weighted by Gasteiger charge is 2.20. The van der Waals surface area contributed by atoms with Crippen molar-refractivity contribution >= 4 is 17.3 Å². The summed E-state index contributed by atoms with van der Waals surface area (Å²) < 4.78 is 10.3. The van der Waals surface area contributed by atoms with Crippen LogP contribution in [0.15, 0.2) is 16.8 Å². The number of esters is 1. The second-order valence-corrected chi connectivity index (χ2v) is 3.68. The van der Waals surface area contributed by atoms with Crippen molar-refractivity contribution in [2.24, 2.45) is 0 Å². The van der Waals surface area contributed by atoms with Gasteiger partial charge in [0.2, 0.25) is 0 Å². The zero-order chi connectivity index (χ0) is 9.10. The lowest BCUT2D eigenvalue weighted by Gasteiger charge is -2.08. The molecule has 1 aliphatic rings. The first kappa shape index (κ1) is 8.72. The first-order valence-corrected chi connectivity index (χ1v) is 5.11. The molecule has 0 aromatic carbocycles. The van der Waals surface area contributed by atoms with Crippen molar-refractivity contribution < 1.29 is 14.3 Å². The molecule has 1 fully saturated rings. The maximum Gasteiger partial charge on any atom is 0.339 e. The molecular formula is C9H10O3S. The molecule has 0 spiro atoms. The molecule has 0 N–H and O–H groups in total. The molecule has 1 aliphatic heterocycles. The minimum Gasteiger partial charge on any atom is -0.456 e. The number of carbonyl (C=O) groups is 1. The molecule has 0 radical (unpaired) electrons. The average Bonchev–Trinajstić information content (AvgIpc) is 2.74. The van der Waals surface area contributed by atoms with E-state index in [-0.39, 0.29) is 12.1 Å². The molecular weight excluding hydrogens is 188 g/mol. The average molecular weight is 198 g/mol. The molecule has 2 heterocycles. The highest BCUT2D eigenvalue weighted by molar-refractivity contribution is 7.08. The number of hydrogen-bond acceptors (Lipinski definition) is 4. The van der Waals surface area contributed by atoms with Crippen molar-refractivity contribution in [3.05, 3.63) is 22.4 Å². The summed E-state index contributed by atoms with van der Waals surface area (Å²) in [5, 5.41) is 3.65. The predicted octanol–water partition coefficient (Wildman–Crippen LogP) is 1.69. The summed E-state index contributed by atoms with van der Waals surface area (Å²) in [6, 6.07) is 1.77. The van der Waals surface area contributed by atoms with Gasteiger partial charge in [-0.15, -0.1) is 0 Å². The van der Waals surface area contributed by atoms with E-state index in [4.69, 9.17) is 9.47 Å². The maximum atomic E-state index is 11.4. The molecule has 0 unspecified atom stereocenters. The Morgan fingerprint density at radius 3 is 3.23 bits per heavy atom. The number of carbonyl (C=O) groups excluding carboxylic acids is 1. The van der Waals surface area contributed by atoms with Crippen LogP contribution in [0.1, 0.15) is 16.8 Å². The van der Waals surface area contributed by atoms with Crippen LogP contribution in [0.4, 0.5) is 0 Å². The number of ether oxygens (including phenoxy) is 2. The fourth-order valence-electron chi connectivity index (χ4n) is 1.21. The van der Waals surface area contributed by atoms with Gasteiger partial charge in [0.25, 0.3) is 0 Å². The minimum absolute atomic E-state index is 0.0487. The van der Waals surface area contributed by atoms with Crippen molar-refractivity contribution in [3.8, 4) is 0 Å². The standard InChI is InChI=1S/C9H10O3S/c10-9(7-2-4-13-6-7)12-8-1-3-11-5-8/h2,4,6,8H,1,3,5H2/t8-/m1/s1. The van der Waals surface area contributed by atoms with Gasteiger partial charge in [-0.05, 0) is 11.4 Å². The molecule has 13 heavy (non-hydrogen) atoms. The highest BCUT2D eigenvalue weighted by atomic mass is 32.1. The lowest BCUT2D eigenvalue weighted by Crippen LogP contribution is -2.17. The molecule has 1 aromatic rings. The summed E-state index contributed by atoms with van der Waals surface area (Å²) in [6.07, 6.45) is 0.767. The van der Waals surface area contributed by atoms with Gasteiger partial charge in [0.15, 0.2) is 0 Å². The molecule has 0 bridgehead atoms. The van der Waals surface area contributed by atoms with E-state index < -0.39 is 0 Å². The second kappa shape index (κ2) is 3.89. The maximum absolute atomic E-state index is 11.4. The molecule has 3 nitrogen and oxygen atoms in total. The highest BCUT2D eigenvalue weighted by Crippen LogP contribution is 2.13. The molecule has 1 atom stereocenters. The summed E-state index contributed by atoms with van der Waals surface area (Å²) >= 11 is 1.49. The van der Waals surface area contributed by atoms with Gasteiger partial charge in [0.1, 0.15) is 6.10 Å². The van der Waals surface area contributed by atoms with Crippen molar-refractivity contribution in [1.82, 2.24) is 0 Å². The van der Waals surface area contributed by atoms with Crippen LogP contribution in [0.3, 0.4) is 0 Å². The van der Waals surface area contributed by atoms with E-state index in [1.807, 2.05) is 5.38 Å². The molecule has 70 valence electrons. The van der Waals surface area contributed by atoms with Crippen LogP contribution in [0.2, 0.25) is 0 Å². The molecule has 4 heteroatoms. The zero-order valence-electron chi connectivity index (χ0n) is 7.06. The van der Waals surface area contributed by atoms with E-state index in [2.05, 4.69) is 0 Å². The van der Waals surface area contributed by atoms with Gasteiger partial charge in [-0.2, -0.15) is 11.3 Å². The second-order valence-electron chi connectivity index (χ2n) is 2.90. The van der Waals surface area contributed by atoms with Gasteiger partial charge < -0.3 is 9.47 Å². The number of hydrogen-bond donors (Lipinski definition) is 0. The van der Waals surface area contributed by atoms with Gasteiger partial charge in [-0.1, -0.05) is 0 Å². The van der Waals surface area contributed by atoms with Gasteiger partial charge in [0.05, 0.1) is 18.8 Å². The quantitative estimate of drug-likeness (QED) is 0.678. The van der Waals surface area contributed by atoms with Gasteiger partial charge in [0, 0.05) is 11.8 Å². The fraction of sp³-hybridized carbons (Fsp3) is 0.444. The van der Waals surface area contributed by atoms with E-state index in [9.17, 15) is 4.79 Å². The van der Waals surface area contributed by atoms with Crippen LogP contribution in [0.5, 0.6) is 0 Å². The van der Waals surface area contributed by atoms with Crippen LogP contribution in [-0.2, 0) is 9.47 Å². The van der Waals surface area contributed by atoms with Crippen LogP contribution in [-0.4, -0.2) is 25.3 Å². The SMILES string of the molecule is O=C(O[C@@H]1CCOC1)c1ccsc1. The van der Waals surface area contributed by atoms with Crippen LogP contribution >= 0.6 is 11.3 Å². The lowest BCUT2D eigenvalue weighted by atomic mass is 10.3. The summed E-state index contributed by atoms with van der Waals surface area (Å²) in [5.41, 5.74) is 0.636. The van der Waals surface area contributed by atoms with E-state index >= 15 is 0 Å². The molecule has 0 saturated carbocycles. The molecule has 0 aliphatic carbocycles. The van der Waals surface area contributed by atoms with Crippen molar-refractivity contribution in [2.75, 3.05) is 13.2 Å². The minimum atomic E-state index is -0.239. The molecule has 1 saturated heterocycles. The van der Waals surface area contributed by atoms with Crippen LogP contribution < -0.4 is 0 Å². The Hall–Kier alpha value is -0.870. The molecule has 1 aromatic heterocycles. The lowest BCUT2D eigenvalue weighted by molar-refractivity contribution is 0.0271. The van der Waals surface area contributed by atoms with E-state index in [0.717, 1.165) is 6.42 Å².